The largest absolute Gasteiger partial charge is 0.481 e. The van der Waals surface area contributed by atoms with E-state index in [1.165, 1.54) is 14.2 Å². The summed E-state index contributed by atoms with van der Waals surface area (Å²) in [4.78, 5) is 29.2. The molecule has 10 heteroatoms. The van der Waals surface area contributed by atoms with Gasteiger partial charge in [0.2, 0.25) is 11.8 Å². The van der Waals surface area contributed by atoms with Gasteiger partial charge in [0.1, 0.15) is 5.56 Å². The molecule has 0 spiro atoms. The second-order valence-corrected chi connectivity index (χ2v) is 7.21. The number of amides is 2. The molecule has 3 heterocycles. The number of methoxy groups -OCH3 is 2. The average molecular weight is 415 g/mol. The highest BCUT2D eigenvalue weighted by molar-refractivity contribution is 5.96. The zero-order valence-corrected chi connectivity index (χ0v) is 17.1. The van der Waals surface area contributed by atoms with Crippen LogP contribution < -0.4 is 20.1 Å². The van der Waals surface area contributed by atoms with Crippen molar-refractivity contribution in [3.63, 3.8) is 0 Å². The van der Waals surface area contributed by atoms with Crippen molar-refractivity contribution in [2.45, 2.75) is 38.5 Å². The van der Waals surface area contributed by atoms with Crippen LogP contribution in [-0.4, -0.2) is 60.0 Å². The Kier molecular flexibility index (Phi) is 5.84. The summed E-state index contributed by atoms with van der Waals surface area (Å²) in [6, 6.07) is 3.47. The van der Waals surface area contributed by atoms with Crippen molar-refractivity contribution in [2.75, 3.05) is 27.4 Å². The number of hydrogen-bond donors (Lipinski definition) is 2. The van der Waals surface area contributed by atoms with Crippen LogP contribution in [0.3, 0.4) is 0 Å². The molecule has 1 aliphatic heterocycles. The molecule has 1 fully saturated rings. The van der Waals surface area contributed by atoms with E-state index >= 15 is 0 Å². The molecule has 0 bridgehead atoms. The number of pyridine rings is 1. The maximum absolute atomic E-state index is 12.6. The predicted octanol–water partition coefficient (Wildman–Crippen LogP) is 0.690. The third-order valence-electron chi connectivity index (χ3n) is 5.11. The fraction of sp³-hybridized carbons (Fsp3) is 0.500. The Hall–Kier alpha value is -3.14. The molecule has 2 N–H and O–H groups in total. The van der Waals surface area contributed by atoms with E-state index in [9.17, 15) is 9.59 Å². The Morgan fingerprint density at radius 3 is 2.80 bits per heavy atom. The van der Waals surface area contributed by atoms with Crippen LogP contribution in [0, 0.1) is 0 Å². The lowest BCUT2D eigenvalue weighted by atomic mass is 10.1. The van der Waals surface area contributed by atoms with Crippen molar-refractivity contribution in [1.82, 2.24) is 25.4 Å². The number of nitrogens with one attached hydrogen (secondary N) is 2. The monoisotopic (exact) mass is 415 g/mol. The summed E-state index contributed by atoms with van der Waals surface area (Å²) >= 11 is 0. The minimum absolute atomic E-state index is 0.156. The Morgan fingerprint density at radius 1 is 1.23 bits per heavy atom. The van der Waals surface area contributed by atoms with Crippen LogP contribution in [0.4, 0.5) is 0 Å². The smallest absolute Gasteiger partial charge is 0.272 e. The predicted molar refractivity (Wildman–Crippen MR) is 106 cm³/mol. The molecule has 30 heavy (non-hydrogen) atoms. The fourth-order valence-electron chi connectivity index (χ4n) is 3.39. The standard InChI is InChI=1S/C20H25N5O5/c1-28-16-6-5-13(20(23-16)29-2)18(26)21-8-9-25-15-7-10-30-11-14(15)17(24-25)19(27)22-12-3-4-12/h5-6,12H,3-4,7-11H2,1-2H3,(H,21,26)(H,22,27). The van der Waals surface area contributed by atoms with Gasteiger partial charge in [-0.05, 0) is 18.9 Å². The number of ether oxygens (including phenoxy) is 3. The molecule has 4 rings (SSSR count). The summed E-state index contributed by atoms with van der Waals surface area (Å²) in [5.74, 6) is 0.0967. The second kappa shape index (κ2) is 8.70. The molecule has 1 aliphatic carbocycles. The molecule has 10 nitrogen and oxygen atoms in total. The van der Waals surface area contributed by atoms with Crippen molar-refractivity contribution in [1.29, 1.82) is 0 Å². The van der Waals surface area contributed by atoms with Gasteiger partial charge >= 0.3 is 0 Å². The molecule has 2 aromatic rings. The SMILES string of the molecule is COc1ccc(C(=O)NCCn2nc(C(=O)NC3CC3)c3c2CCOC3)c(OC)n1. The molecule has 2 aromatic heterocycles. The van der Waals surface area contributed by atoms with Crippen LogP contribution in [0.5, 0.6) is 11.8 Å². The van der Waals surface area contributed by atoms with Crippen LogP contribution in [0.15, 0.2) is 12.1 Å². The van der Waals surface area contributed by atoms with Crippen molar-refractivity contribution in [3.8, 4) is 11.8 Å². The van der Waals surface area contributed by atoms with Gasteiger partial charge in [-0.1, -0.05) is 0 Å². The van der Waals surface area contributed by atoms with Gasteiger partial charge in [-0.3, -0.25) is 14.3 Å². The summed E-state index contributed by atoms with van der Waals surface area (Å²) in [6.45, 7) is 1.75. The first-order chi connectivity index (χ1) is 14.6. The molecular formula is C20H25N5O5. The van der Waals surface area contributed by atoms with Gasteiger partial charge in [-0.25, -0.2) is 0 Å². The third kappa shape index (κ3) is 4.23. The minimum atomic E-state index is -0.307. The van der Waals surface area contributed by atoms with Gasteiger partial charge in [0.25, 0.3) is 11.8 Å². The summed E-state index contributed by atoms with van der Waals surface area (Å²) in [5, 5.41) is 10.4. The Labute approximate surface area is 173 Å². The molecule has 0 aromatic carbocycles. The molecule has 160 valence electrons. The fourth-order valence-corrected chi connectivity index (χ4v) is 3.39. The number of fused-ring (bicyclic) bond motifs is 1. The highest BCUT2D eigenvalue weighted by Gasteiger charge is 2.29. The molecule has 0 saturated heterocycles. The number of rotatable bonds is 8. The molecule has 1 saturated carbocycles. The Morgan fingerprint density at radius 2 is 2.07 bits per heavy atom. The lowest BCUT2D eigenvalue weighted by molar-refractivity contribution is 0.0921. The number of nitrogens with zero attached hydrogens (tertiary/aromatic N) is 3. The Bertz CT molecular complexity index is 953. The van der Waals surface area contributed by atoms with Crippen LogP contribution in [0.1, 0.15) is 44.9 Å². The number of carbonyl (C=O) groups excluding carboxylic acids is 2. The number of hydrogen-bond acceptors (Lipinski definition) is 7. The lowest BCUT2D eigenvalue weighted by Gasteiger charge is -2.15. The van der Waals surface area contributed by atoms with E-state index < -0.39 is 0 Å². The van der Waals surface area contributed by atoms with Crippen LogP contribution in [0.25, 0.3) is 0 Å². The van der Waals surface area contributed by atoms with E-state index in [0.717, 1.165) is 24.1 Å². The van der Waals surface area contributed by atoms with Crippen molar-refractivity contribution in [2.24, 2.45) is 0 Å². The van der Waals surface area contributed by atoms with Gasteiger partial charge in [0.15, 0.2) is 5.69 Å². The molecular weight excluding hydrogens is 390 g/mol. The van der Waals surface area contributed by atoms with Gasteiger partial charge in [-0.15, -0.1) is 0 Å². The van der Waals surface area contributed by atoms with Gasteiger partial charge in [0.05, 0.1) is 34.0 Å². The molecule has 0 radical (unpaired) electrons. The van der Waals surface area contributed by atoms with Crippen molar-refractivity contribution >= 4 is 11.8 Å². The molecule has 2 amide bonds. The molecule has 0 atom stereocenters. The first-order valence-electron chi connectivity index (χ1n) is 9.95. The molecule has 0 unspecified atom stereocenters. The van der Waals surface area contributed by atoms with Crippen molar-refractivity contribution < 1.29 is 23.8 Å². The molecule has 2 aliphatic rings. The topological polar surface area (TPSA) is 117 Å². The highest BCUT2D eigenvalue weighted by Crippen LogP contribution is 2.24. The third-order valence-corrected chi connectivity index (χ3v) is 5.11. The Balaban J connectivity index is 1.43. The zero-order chi connectivity index (χ0) is 21.1. The van der Waals surface area contributed by atoms with E-state index in [4.69, 9.17) is 14.2 Å². The maximum atomic E-state index is 12.6. The van der Waals surface area contributed by atoms with Crippen molar-refractivity contribution in [3.05, 3.63) is 34.6 Å². The van der Waals surface area contributed by atoms with Gasteiger partial charge in [0, 0.05) is 36.3 Å². The summed E-state index contributed by atoms with van der Waals surface area (Å²) in [7, 11) is 2.95. The zero-order valence-electron chi connectivity index (χ0n) is 17.1. The minimum Gasteiger partial charge on any atom is -0.481 e. The van der Waals surface area contributed by atoms with Crippen LogP contribution in [0.2, 0.25) is 0 Å². The van der Waals surface area contributed by atoms with Crippen LogP contribution >= 0.6 is 0 Å². The number of aromatic nitrogens is 3. The summed E-state index contributed by atoms with van der Waals surface area (Å²) in [5.41, 5.74) is 2.56. The van der Waals surface area contributed by atoms with E-state index in [2.05, 4.69) is 20.7 Å². The summed E-state index contributed by atoms with van der Waals surface area (Å²) in [6.07, 6.45) is 2.71. The second-order valence-electron chi connectivity index (χ2n) is 7.21. The quantitative estimate of drug-likeness (QED) is 0.651. The highest BCUT2D eigenvalue weighted by atomic mass is 16.5. The normalized spacial score (nSPS) is 15.3. The van der Waals surface area contributed by atoms with Gasteiger partial charge in [-0.2, -0.15) is 10.1 Å². The first-order valence-corrected chi connectivity index (χ1v) is 9.95. The van der Waals surface area contributed by atoms with E-state index in [0.29, 0.717) is 49.9 Å². The summed E-state index contributed by atoms with van der Waals surface area (Å²) < 4.78 is 17.6. The van der Waals surface area contributed by atoms with E-state index in [1.807, 2.05) is 0 Å². The van der Waals surface area contributed by atoms with Gasteiger partial charge < -0.3 is 24.8 Å². The number of carbonyl (C=O) groups is 2. The first kappa shape index (κ1) is 20.1. The lowest BCUT2D eigenvalue weighted by Crippen LogP contribution is -2.29. The van der Waals surface area contributed by atoms with Crippen LogP contribution in [-0.2, 0) is 24.3 Å². The maximum Gasteiger partial charge on any atom is 0.272 e. The average Bonchev–Trinajstić information content (AvgIpc) is 3.51. The van der Waals surface area contributed by atoms with E-state index in [-0.39, 0.29) is 23.7 Å². The van der Waals surface area contributed by atoms with E-state index in [1.54, 1.807) is 16.8 Å².